The van der Waals surface area contributed by atoms with E-state index < -0.39 is 0 Å². The van der Waals surface area contributed by atoms with Crippen molar-refractivity contribution in [1.82, 2.24) is 19.9 Å². The third-order valence-electron chi connectivity index (χ3n) is 3.60. The van der Waals surface area contributed by atoms with Gasteiger partial charge in [0.2, 0.25) is 0 Å². The number of fused-ring (bicyclic) bond motifs is 1. The second-order valence-electron chi connectivity index (χ2n) is 4.88. The molecule has 1 saturated carbocycles. The van der Waals surface area contributed by atoms with Gasteiger partial charge in [-0.1, -0.05) is 6.42 Å². The Hall–Kier alpha value is -1.69. The monoisotopic (exact) mass is 247 g/mol. The minimum Gasteiger partial charge on any atom is -0.396 e. The van der Waals surface area contributed by atoms with Crippen molar-refractivity contribution in [2.45, 2.75) is 31.7 Å². The lowest BCUT2D eigenvalue weighted by Gasteiger charge is -2.28. The van der Waals surface area contributed by atoms with Crippen molar-refractivity contribution in [2.75, 3.05) is 11.9 Å². The summed E-state index contributed by atoms with van der Waals surface area (Å²) < 4.78 is 0. The lowest BCUT2D eigenvalue weighted by Crippen LogP contribution is -2.29. The van der Waals surface area contributed by atoms with E-state index in [-0.39, 0.29) is 6.61 Å². The van der Waals surface area contributed by atoms with E-state index in [4.69, 9.17) is 0 Å². The SMILES string of the molecule is OC[C@@H]1CCC[C@H](Nc2ncnc3nc[nH]c23)C1. The predicted molar refractivity (Wildman–Crippen MR) is 68.1 cm³/mol. The molecule has 0 saturated heterocycles. The highest BCUT2D eigenvalue weighted by atomic mass is 16.3. The van der Waals surface area contributed by atoms with Crippen LogP contribution >= 0.6 is 0 Å². The molecule has 1 fully saturated rings. The highest BCUT2D eigenvalue weighted by molar-refractivity contribution is 5.82. The second kappa shape index (κ2) is 4.89. The Morgan fingerprint density at radius 3 is 3.17 bits per heavy atom. The number of aliphatic hydroxyl groups is 1. The smallest absolute Gasteiger partial charge is 0.182 e. The van der Waals surface area contributed by atoms with Crippen LogP contribution in [0.5, 0.6) is 0 Å². The average molecular weight is 247 g/mol. The summed E-state index contributed by atoms with van der Waals surface area (Å²) in [7, 11) is 0. The first-order valence-corrected chi connectivity index (χ1v) is 6.38. The molecule has 0 aromatic carbocycles. The van der Waals surface area contributed by atoms with Gasteiger partial charge < -0.3 is 15.4 Å². The summed E-state index contributed by atoms with van der Waals surface area (Å²) in [6.45, 7) is 0.279. The minimum absolute atomic E-state index is 0.279. The fourth-order valence-corrected chi connectivity index (χ4v) is 2.66. The topological polar surface area (TPSA) is 86.7 Å². The molecule has 18 heavy (non-hydrogen) atoms. The van der Waals surface area contributed by atoms with Crippen LogP contribution in [-0.4, -0.2) is 37.7 Å². The molecule has 0 bridgehead atoms. The van der Waals surface area contributed by atoms with Crippen molar-refractivity contribution in [2.24, 2.45) is 5.92 Å². The average Bonchev–Trinajstić information content (AvgIpc) is 2.88. The van der Waals surface area contributed by atoms with Crippen LogP contribution in [0.3, 0.4) is 0 Å². The van der Waals surface area contributed by atoms with Crippen LogP contribution in [0.1, 0.15) is 25.7 Å². The van der Waals surface area contributed by atoms with E-state index in [9.17, 15) is 5.11 Å². The summed E-state index contributed by atoms with van der Waals surface area (Å²) in [5, 5.41) is 12.7. The summed E-state index contributed by atoms with van der Waals surface area (Å²) in [5.41, 5.74) is 1.53. The first kappa shape index (κ1) is 11.4. The number of aliphatic hydroxyl groups excluding tert-OH is 1. The number of nitrogens with zero attached hydrogens (tertiary/aromatic N) is 3. The predicted octanol–water partition coefficient (Wildman–Crippen LogP) is 1.32. The number of hydrogen-bond donors (Lipinski definition) is 3. The molecule has 0 aliphatic heterocycles. The molecule has 0 radical (unpaired) electrons. The van der Waals surface area contributed by atoms with E-state index in [0.717, 1.165) is 37.0 Å². The minimum atomic E-state index is 0.279. The summed E-state index contributed by atoms with van der Waals surface area (Å²) in [4.78, 5) is 15.5. The van der Waals surface area contributed by atoms with Crippen LogP contribution in [0.15, 0.2) is 12.7 Å². The first-order chi connectivity index (χ1) is 8.86. The Balaban J connectivity index is 1.77. The summed E-state index contributed by atoms with van der Waals surface area (Å²) >= 11 is 0. The molecule has 6 heteroatoms. The van der Waals surface area contributed by atoms with E-state index in [0.29, 0.717) is 17.6 Å². The number of H-pyrrole nitrogens is 1. The Morgan fingerprint density at radius 2 is 2.28 bits per heavy atom. The molecule has 2 heterocycles. The zero-order chi connectivity index (χ0) is 12.4. The third kappa shape index (κ3) is 2.15. The van der Waals surface area contributed by atoms with Crippen molar-refractivity contribution >= 4 is 17.0 Å². The maximum absolute atomic E-state index is 9.24. The van der Waals surface area contributed by atoms with Gasteiger partial charge in [-0.15, -0.1) is 0 Å². The van der Waals surface area contributed by atoms with Gasteiger partial charge in [0.25, 0.3) is 0 Å². The zero-order valence-electron chi connectivity index (χ0n) is 10.1. The van der Waals surface area contributed by atoms with Crippen molar-refractivity contribution in [1.29, 1.82) is 0 Å². The van der Waals surface area contributed by atoms with Gasteiger partial charge in [0, 0.05) is 12.6 Å². The maximum Gasteiger partial charge on any atom is 0.182 e. The standard InChI is InChI=1S/C12H17N5O/c18-5-8-2-1-3-9(4-8)17-12-10-11(14-6-13-10)15-7-16-12/h6-9,18H,1-5H2,(H2,13,14,15,16,17)/t8-,9+/m1/s1. The molecule has 2 atom stereocenters. The van der Waals surface area contributed by atoms with Gasteiger partial charge in [-0.25, -0.2) is 15.0 Å². The molecule has 0 spiro atoms. The van der Waals surface area contributed by atoms with Crippen LogP contribution < -0.4 is 5.32 Å². The van der Waals surface area contributed by atoms with Crippen molar-refractivity contribution in [3.05, 3.63) is 12.7 Å². The highest BCUT2D eigenvalue weighted by Gasteiger charge is 2.22. The number of rotatable bonds is 3. The third-order valence-corrected chi connectivity index (χ3v) is 3.60. The van der Waals surface area contributed by atoms with Crippen LogP contribution in [0.4, 0.5) is 5.82 Å². The number of aromatic amines is 1. The molecule has 2 aromatic rings. The van der Waals surface area contributed by atoms with Crippen molar-refractivity contribution in [3.8, 4) is 0 Å². The Morgan fingerprint density at radius 1 is 1.33 bits per heavy atom. The number of imidazole rings is 1. The molecular formula is C12H17N5O. The number of hydrogen-bond acceptors (Lipinski definition) is 5. The van der Waals surface area contributed by atoms with Crippen molar-refractivity contribution in [3.63, 3.8) is 0 Å². The number of nitrogens with one attached hydrogen (secondary N) is 2. The van der Waals surface area contributed by atoms with Gasteiger partial charge in [0.05, 0.1) is 6.33 Å². The van der Waals surface area contributed by atoms with Crippen molar-refractivity contribution < 1.29 is 5.11 Å². The Kier molecular flexibility index (Phi) is 3.10. The van der Waals surface area contributed by atoms with Gasteiger partial charge in [0.1, 0.15) is 11.8 Å². The molecule has 3 rings (SSSR count). The van der Waals surface area contributed by atoms with Gasteiger partial charge in [-0.05, 0) is 25.2 Å². The van der Waals surface area contributed by atoms with Crippen LogP contribution in [-0.2, 0) is 0 Å². The maximum atomic E-state index is 9.24. The van der Waals surface area contributed by atoms with E-state index in [1.54, 1.807) is 6.33 Å². The summed E-state index contributed by atoms with van der Waals surface area (Å²) in [6, 6.07) is 0.373. The quantitative estimate of drug-likeness (QED) is 0.761. The van der Waals surface area contributed by atoms with E-state index >= 15 is 0 Å². The summed E-state index contributed by atoms with van der Waals surface area (Å²) in [6.07, 6.45) is 7.55. The molecule has 2 aromatic heterocycles. The first-order valence-electron chi connectivity index (χ1n) is 6.38. The van der Waals surface area contributed by atoms with Crippen LogP contribution in [0.25, 0.3) is 11.2 Å². The Bertz CT molecular complexity index is 526. The van der Waals surface area contributed by atoms with Crippen LogP contribution in [0.2, 0.25) is 0 Å². The van der Waals surface area contributed by atoms with Crippen LogP contribution in [0, 0.1) is 5.92 Å². The molecule has 0 unspecified atom stereocenters. The normalized spacial score (nSPS) is 24.3. The second-order valence-corrected chi connectivity index (χ2v) is 4.88. The van der Waals surface area contributed by atoms with E-state index in [2.05, 4.69) is 25.3 Å². The van der Waals surface area contributed by atoms with Gasteiger partial charge in [0.15, 0.2) is 11.5 Å². The summed E-state index contributed by atoms with van der Waals surface area (Å²) in [5.74, 6) is 1.22. The molecular weight excluding hydrogens is 230 g/mol. The van der Waals surface area contributed by atoms with Gasteiger partial charge in [-0.3, -0.25) is 0 Å². The zero-order valence-corrected chi connectivity index (χ0v) is 10.1. The van der Waals surface area contributed by atoms with Gasteiger partial charge in [-0.2, -0.15) is 0 Å². The molecule has 1 aliphatic rings. The number of anilines is 1. The molecule has 6 nitrogen and oxygen atoms in total. The molecule has 96 valence electrons. The molecule has 3 N–H and O–H groups in total. The van der Waals surface area contributed by atoms with E-state index in [1.165, 1.54) is 6.33 Å². The molecule has 1 aliphatic carbocycles. The lowest BCUT2D eigenvalue weighted by molar-refractivity contribution is 0.184. The van der Waals surface area contributed by atoms with Gasteiger partial charge >= 0.3 is 0 Å². The Labute approximate surface area is 105 Å². The molecule has 0 amide bonds. The lowest BCUT2D eigenvalue weighted by atomic mass is 9.86. The fraction of sp³-hybridized carbons (Fsp3) is 0.583. The largest absolute Gasteiger partial charge is 0.396 e. The number of aromatic nitrogens is 4. The highest BCUT2D eigenvalue weighted by Crippen LogP contribution is 2.27. The fourth-order valence-electron chi connectivity index (χ4n) is 2.66. The van der Waals surface area contributed by atoms with E-state index in [1.807, 2.05) is 0 Å².